The summed E-state index contributed by atoms with van der Waals surface area (Å²) < 4.78 is 11.4. The predicted octanol–water partition coefficient (Wildman–Crippen LogP) is 3.46. The molecule has 3 rings (SSSR count). The molecule has 0 radical (unpaired) electrons. The van der Waals surface area contributed by atoms with Gasteiger partial charge >= 0.3 is 0 Å². The molecule has 1 aliphatic rings. The second-order valence-corrected chi connectivity index (χ2v) is 5.62. The van der Waals surface area contributed by atoms with Crippen LogP contribution in [0.5, 0.6) is 0 Å². The highest BCUT2D eigenvalue weighted by atomic mass is 16.5. The van der Waals surface area contributed by atoms with Crippen molar-refractivity contribution in [3.05, 3.63) is 48.0 Å². The molecule has 0 bridgehead atoms. The molecule has 21 heavy (non-hydrogen) atoms. The smallest absolute Gasteiger partial charge is 0.108 e. The second-order valence-electron chi connectivity index (χ2n) is 5.62. The summed E-state index contributed by atoms with van der Waals surface area (Å²) in [7, 11) is 0. The first-order valence-corrected chi connectivity index (χ1v) is 7.64. The summed E-state index contributed by atoms with van der Waals surface area (Å²) in [4.78, 5) is 0. The largest absolute Gasteiger partial charge is 0.385 e. The highest BCUT2D eigenvalue weighted by molar-refractivity contribution is 5.83. The zero-order valence-corrected chi connectivity index (χ0v) is 12.4. The summed E-state index contributed by atoms with van der Waals surface area (Å²) in [5, 5.41) is 13.2. The van der Waals surface area contributed by atoms with Crippen LogP contribution in [0.15, 0.2) is 42.5 Å². The SMILES string of the molecule is CCOC1(C(O)c2ccc3ccccc3c2)CCOCC1. The van der Waals surface area contributed by atoms with Crippen molar-refractivity contribution < 1.29 is 14.6 Å². The Hall–Kier alpha value is -1.42. The van der Waals surface area contributed by atoms with E-state index in [-0.39, 0.29) is 0 Å². The molecule has 2 aromatic rings. The molecule has 112 valence electrons. The van der Waals surface area contributed by atoms with E-state index in [1.807, 2.05) is 25.1 Å². The summed E-state index contributed by atoms with van der Waals surface area (Å²) in [6, 6.07) is 14.3. The zero-order chi connectivity index (χ0) is 14.7. The van der Waals surface area contributed by atoms with Crippen LogP contribution in [-0.4, -0.2) is 30.5 Å². The minimum atomic E-state index is -0.619. The molecule has 1 N–H and O–H groups in total. The molecule has 0 saturated carbocycles. The third-order valence-electron chi connectivity index (χ3n) is 4.36. The van der Waals surface area contributed by atoms with Gasteiger partial charge in [-0.05, 0) is 29.3 Å². The third-order valence-corrected chi connectivity index (χ3v) is 4.36. The third kappa shape index (κ3) is 2.82. The Kier molecular flexibility index (Phi) is 4.24. The minimum Gasteiger partial charge on any atom is -0.385 e. The second kappa shape index (κ2) is 6.14. The summed E-state index contributed by atoms with van der Waals surface area (Å²) in [6.07, 6.45) is 0.842. The van der Waals surface area contributed by atoms with E-state index in [0.29, 0.717) is 19.8 Å². The van der Waals surface area contributed by atoms with Gasteiger partial charge in [0.1, 0.15) is 11.7 Å². The van der Waals surface area contributed by atoms with Gasteiger partial charge in [0.05, 0.1) is 0 Å². The number of rotatable bonds is 4. The first-order valence-electron chi connectivity index (χ1n) is 7.64. The van der Waals surface area contributed by atoms with Gasteiger partial charge in [0.25, 0.3) is 0 Å². The van der Waals surface area contributed by atoms with Gasteiger partial charge < -0.3 is 14.6 Å². The van der Waals surface area contributed by atoms with Gasteiger partial charge in [0, 0.05) is 32.7 Å². The molecule has 0 aliphatic carbocycles. The van der Waals surface area contributed by atoms with Gasteiger partial charge in [-0.15, -0.1) is 0 Å². The number of hydrogen-bond donors (Lipinski definition) is 1. The quantitative estimate of drug-likeness (QED) is 0.935. The van der Waals surface area contributed by atoms with Crippen LogP contribution in [0.2, 0.25) is 0 Å². The molecule has 1 saturated heterocycles. The van der Waals surface area contributed by atoms with Crippen molar-refractivity contribution in [3.63, 3.8) is 0 Å². The number of aliphatic hydroxyl groups excluding tert-OH is 1. The van der Waals surface area contributed by atoms with Crippen LogP contribution in [-0.2, 0) is 9.47 Å². The Bertz CT molecular complexity index is 597. The molecule has 1 atom stereocenters. The number of aliphatic hydroxyl groups is 1. The van der Waals surface area contributed by atoms with Gasteiger partial charge in [0.2, 0.25) is 0 Å². The summed E-state index contributed by atoms with van der Waals surface area (Å²) >= 11 is 0. The van der Waals surface area contributed by atoms with E-state index in [0.717, 1.165) is 23.8 Å². The Labute approximate surface area is 125 Å². The van der Waals surface area contributed by atoms with Gasteiger partial charge in [-0.2, -0.15) is 0 Å². The number of benzene rings is 2. The van der Waals surface area contributed by atoms with Crippen molar-refractivity contribution >= 4 is 10.8 Å². The molecule has 0 amide bonds. The summed E-state index contributed by atoms with van der Waals surface area (Å²) in [6.45, 7) is 3.87. The van der Waals surface area contributed by atoms with E-state index in [1.54, 1.807) is 0 Å². The molecule has 0 spiro atoms. The summed E-state index contributed by atoms with van der Waals surface area (Å²) in [5.74, 6) is 0. The number of fused-ring (bicyclic) bond motifs is 1. The van der Waals surface area contributed by atoms with Crippen molar-refractivity contribution in [1.82, 2.24) is 0 Å². The van der Waals surface area contributed by atoms with Crippen molar-refractivity contribution in [3.8, 4) is 0 Å². The van der Waals surface area contributed by atoms with E-state index in [1.165, 1.54) is 5.39 Å². The lowest BCUT2D eigenvalue weighted by atomic mass is 9.83. The fraction of sp³-hybridized carbons (Fsp3) is 0.444. The first kappa shape index (κ1) is 14.5. The highest BCUT2D eigenvalue weighted by Gasteiger charge is 2.41. The lowest BCUT2D eigenvalue weighted by Gasteiger charge is -2.40. The summed E-state index contributed by atoms with van der Waals surface area (Å²) in [5.41, 5.74) is 0.402. The van der Waals surface area contributed by atoms with E-state index in [4.69, 9.17) is 9.47 Å². The van der Waals surface area contributed by atoms with E-state index in [9.17, 15) is 5.11 Å². The molecule has 0 aromatic heterocycles. The van der Waals surface area contributed by atoms with E-state index < -0.39 is 11.7 Å². The molecular formula is C18H22O3. The first-order chi connectivity index (χ1) is 10.2. The molecule has 3 nitrogen and oxygen atoms in total. The molecule has 2 aromatic carbocycles. The maximum Gasteiger partial charge on any atom is 0.108 e. The Morgan fingerprint density at radius 1 is 1.14 bits per heavy atom. The maximum absolute atomic E-state index is 10.9. The number of hydrogen-bond acceptors (Lipinski definition) is 3. The molecule has 3 heteroatoms. The Morgan fingerprint density at radius 2 is 1.86 bits per heavy atom. The van der Waals surface area contributed by atoms with Crippen molar-refractivity contribution in [2.24, 2.45) is 0 Å². The number of ether oxygens (including phenoxy) is 2. The van der Waals surface area contributed by atoms with Crippen LogP contribution in [0.25, 0.3) is 10.8 Å². The van der Waals surface area contributed by atoms with Crippen LogP contribution >= 0.6 is 0 Å². The topological polar surface area (TPSA) is 38.7 Å². The van der Waals surface area contributed by atoms with Crippen molar-refractivity contribution in [2.45, 2.75) is 31.5 Å². The highest BCUT2D eigenvalue weighted by Crippen LogP contribution is 2.38. The van der Waals surface area contributed by atoms with Gasteiger partial charge in [-0.25, -0.2) is 0 Å². The van der Waals surface area contributed by atoms with Gasteiger partial charge in [-0.1, -0.05) is 36.4 Å². The molecule has 1 unspecified atom stereocenters. The predicted molar refractivity (Wildman–Crippen MR) is 83.3 cm³/mol. The molecule has 1 aliphatic heterocycles. The normalized spacial score (nSPS) is 19.5. The fourth-order valence-corrected chi connectivity index (χ4v) is 3.18. The average molecular weight is 286 g/mol. The van der Waals surface area contributed by atoms with E-state index >= 15 is 0 Å². The van der Waals surface area contributed by atoms with Crippen molar-refractivity contribution in [1.29, 1.82) is 0 Å². The lowest BCUT2D eigenvalue weighted by molar-refractivity contribution is -0.167. The zero-order valence-electron chi connectivity index (χ0n) is 12.4. The van der Waals surface area contributed by atoms with Crippen LogP contribution in [0, 0.1) is 0 Å². The molecule has 1 heterocycles. The van der Waals surface area contributed by atoms with Crippen LogP contribution in [0.4, 0.5) is 0 Å². The average Bonchev–Trinajstić information content (AvgIpc) is 2.55. The monoisotopic (exact) mass is 286 g/mol. The Balaban J connectivity index is 1.95. The van der Waals surface area contributed by atoms with Crippen LogP contribution in [0.3, 0.4) is 0 Å². The lowest BCUT2D eigenvalue weighted by Crippen LogP contribution is -2.44. The van der Waals surface area contributed by atoms with Gasteiger partial charge in [-0.3, -0.25) is 0 Å². The van der Waals surface area contributed by atoms with Gasteiger partial charge in [0.15, 0.2) is 0 Å². The minimum absolute atomic E-state index is 0.518. The Morgan fingerprint density at radius 3 is 2.57 bits per heavy atom. The van der Waals surface area contributed by atoms with Crippen LogP contribution < -0.4 is 0 Å². The standard InChI is InChI=1S/C18H22O3/c1-2-21-18(9-11-20-12-10-18)17(19)16-8-7-14-5-3-4-6-15(14)13-16/h3-8,13,17,19H,2,9-12H2,1H3. The molecule has 1 fully saturated rings. The van der Waals surface area contributed by atoms with Crippen molar-refractivity contribution in [2.75, 3.05) is 19.8 Å². The fourth-order valence-electron chi connectivity index (χ4n) is 3.18. The maximum atomic E-state index is 10.9. The molecular weight excluding hydrogens is 264 g/mol. The van der Waals surface area contributed by atoms with E-state index in [2.05, 4.69) is 24.3 Å². The van der Waals surface area contributed by atoms with Crippen LogP contribution in [0.1, 0.15) is 31.4 Å².